The van der Waals surface area contributed by atoms with E-state index < -0.39 is 0 Å². The number of para-hydroxylation sites is 2. The molecule has 2 aromatic rings. The van der Waals surface area contributed by atoms with Crippen LogP contribution >= 0.6 is 0 Å². The van der Waals surface area contributed by atoms with E-state index >= 15 is 0 Å². The first-order chi connectivity index (χ1) is 11.7. The first kappa shape index (κ1) is 17.5. The Balaban J connectivity index is 1.79. The summed E-state index contributed by atoms with van der Waals surface area (Å²) in [5.41, 5.74) is 0.609. The molecule has 0 aliphatic carbocycles. The van der Waals surface area contributed by atoms with Crippen molar-refractivity contribution in [1.29, 1.82) is 0 Å². The topological polar surface area (TPSA) is 68.8 Å². The van der Waals surface area contributed by atoms with Gasteiger partial charge >= 0.3 is 6.03 Å². The van der Waals surface area contributed by atoms with Gasteiger partial charge in [-0.15, -0.1) is 0 Å². The van der Waals surface area contributed by atoms with Crippen LogP contribution in [0.5, 0.6) is 17.2 Å². The molecule has 24 heavy (non-hydrogen) atoms. The standard InChI is InChI=1S/C18H22N2O4/c1-3-22-14-9-11-15(12-10-14)24-13-19-18(21)20-16-7-5-6-8-17(16)23-4-2/h5-12H,3-4,13H2,1-2H3,(H2,19,20,21). The number of rotatable bonds is 8. The van der Waals surface area contributed by atoms with Crippen LogP contribution in [-0.2, 0) is 0 Å². The zero-order valence-corrected chi connectivity index (χ0v) is 13.9. The van der Waals surface area contributed by atoms with E-state index in [0.29, 0.717) is 30.4 Å². The summed E-state index contributed by atoms with van der Waals surface area (Å²) in [6.07, 6.45) is 0. The lowest BCUT2D eigenvalue weighted by Gasteiger charge is -2.12. The van der Waals surface area contributed by atoms with Gasteiger partial charge in [0, 0.05) is 0 Å². The van der Waals surface area contributed by atoms with Crippen LogP contribution in [-0.4, -0.2) is 26.0 Å². The predicted molar refractivity (Wildman–Crippen MR) is 92.9 cm³/mol. The van der Waals surface area contributed by atoms with Crippen molar-refractivity contribution < 1.29 is 19.0 Å². The highest BCUT2D eigenvalue weighted by atomic mass is 16.5. The average Bonchev–Trinajstić information content (AvgIpc) is 2.59. The molecule has 2 rings (SSSR count). The Morgan fingerprint density at radius 1 is 0.875 bits per heavy atom. The van der Waals surface area contributed by atoms with E-state index in [9.17, 15) is 4.79 Å². The molecule has 0 atom stereocenters. The zero-order valence-electron chi connectivity index (χ0n) is 13.9. The highest BCUT2D eigenvalue weighted by Gasteiger charge is 2.06. The fourth-order valence-corrected chi connectivity index (χ4v) is 2.00. The third kappa shape index (κ3) is 5.39. The molecular formula is C18H22N2O4. The van der Waals surface area contributed by atoms with Crippen molar-refractivity contribution in [3.05, 3.63) is 48.5 Å². The number of anilines is 1. The van der Waals surface area contributed by atoms with Gasteiger partial charge in [0.15, 0.2) is 6.73 Å². The van der Waals surface area contributed by atoms with E-state index in [4.69, 9.17) is 14.2 Å². The van der Waals surface area contributed by atoms with Crippen molar-refractivity contribution in [2.45, 2.75) is 13.8 Å². The van der Waals surface area contributed by atoms with Gasteiger partial charge in [0.05, 0.1) is 18.9 Å². The number of carbonyl (C=O) groups is 1. The quantitative estimate of drug-likeness (QED) is 0.725. The lowest BCUT2D eigenvalue weighted by atomic mass is 10.3. The minimum Gasteiger partial charge on any atom is -0.494 e. The SMILES string of the molecule is CCOc1ccc(OCNC(=O)Nc2ccccc2OCC)cc1. The van der Waals surface area contributed by atoms with E-state index in [0.717, 1.165) is 5.75 Å². The van der Waals surface area contributed by atoms with Crippen LogP contribution in [0.4, 0.5) is 10.5 Å². The summed E-state index contributed by atoms with van der Waals surface area (Å²) in [6.45, 7) is 5.01. The largest absolute Gasteiger partial charge is 0.494 e. The predicted octanol–water partition coefficient (Wildman–Crippen LogP) is 3.64. The Hall–Kier alpha value is -2.89. The minimum atomic E-state index is -0.368. The molecule has 0 saturated carbocycles. The van der Waals surface area contributed by atoms with E-state index in [1.54, 1.807) is 24.3 Å². The van der Waals surface area contributed by atoms with Crippen LogP contribution in [0.3, 0.4) is 0 Å². The molecule has 0 spiro atoms. The van der Waals surface area contributed by atoms with Crippen molar-refractivity contribution in [2.75, 3.05) is 25.3 Å². The molecule has 6 nitrogen and oxygen atoms in total. The number of carbonyl (C=O) groups excluding carboxylic acids is 1. The highest BCUT2D eigenvalue weighted by Crippen LogP contribution is 2.23. The van der Waals surface area contributed by atoms with Gasteiger partial charge in [-0.1, -0.05) is 12.1 Å². The molecule has 0 aliphatic heterocycles. The summed E-state index contributed by atoms with van der Waals surface area (Å²) in [7, 11) is 0. The summed E-state index contributed by atoms with van der Waals surface area (Å²) in [6, 6.07) is 14.1. The Kier molecular flexibility index (Phi) is 6.76. The minimum absolute atomic E-state index is 0.0522. The first-order valence-electron chi connectivity index (χ1n) is 7.85. The maximum atomic E-state index is 11.9. The molecule has 0 aromatic heterocycles. The van der Waals surface area contributed by atoms with Crippen LogP contribution in [0.2, 0.25) is 0 Å². The Morgan fingerprint density at radius 3 is 2.17 bits per heavy atom. The lowest BCUT2D eigenvalue weighted by Crippen LogP contribution is -2.32. The molecule has 0 unspecified atom stereocenters. The van der Waals surface area contributed by atoms with Crippen molar-refractivity contribution >= 4 is 11.7 Å². The molecule has 0 aliphatic rings. The van der Waals surface area contributed by atoms with E-state index in [1.807, 2.05) is 38.1 Å². The Bertz CT molecular complexity index is 644. The molecule has 2 N–H and O–H groups in total. The fourth-order valence-electron chi connectivity index (χ4n) is 2.00. The summed E-state index contributed by atoms with van der Waals surface area (Å²) >= 11 is 0. The zero-order chi connectivity index (χ0) is 17.2. The van der Waals surface area contributed by atoms with Gasteiger partial charge in [0.25, 0.3) is 0 Å². The first-order valence-corrected chi connectivity index (χ1v) is 7.85. The van der Waals surface area contributed by atoms with Crippen molar-refractivity contribution in [2.24, 2.45) is 0 Å². The molecule has 128 valence electrons. The van der Waals surface area contributed by atoms with Crippen molar-refractivity contribution in [3.8, 4) is 17.2 Å². The number of hydrogen-bond donors (Lipinski definition) is 2. The van der Waals surface area contributed by atoms with Crippen LogP contribution in [0, 0.1) is 0 Å². The molecule has 0 saturated heterocycles. The second-order valence-electron chi connectivity index (χ2n) is 4.75. The number of amides is 2. The molecule has 0 fully saturated rings. The third-order valence-electron chi connectivity index (χ3n) is 3.04. The smallest absolute Gasteiger partial charge is 0.321 e. The molecule has 0 heterocycles. The van der Waals surface area contributed by atoms with Gasteiger partial charge < -0.3 is 24.8 Å². The normalized spacial score (nSPS) is 9.92. The highest BCUT2D eigenvalue weighted by molar-refractivity contribution is 5.90. The summed E-state index contributed by atoms with van der Waals surface area (Å²) < 4.78 is 16.3. The van der Waals surface area contributed by atoms with Crippen LogP contribution in [0.15, 0.2) is 48.5 Å². The van der Waals surface area contributed by atoms with E-state index in [2.05, 4.69) is 10.6 Å². The third-order valence-corrected chi connectivity index (χ3v) is 3.04. The number of urea groups is 1. The molecule has 6 heteroatoms. The van der Waals surface area contributed by atoms with E-state index in [1.165, 1.54) is 0 Å². The number of ether oxygens (including phenoxy) is 3. The molecular weight excluding hydrogens is 308 g/mol. The maximum absolute atomic E-state index is 11.9. The van der Waals surface area contributed by atoms with Crippen molar-refractivity contribution in [3.63, 3.8) is 0 Å². The average molecular weight is 330 g/mol. The molecule has 0 bridgehead atoms. The second kappa shape index (κ2) is 9.29. The number of benzene rings is 2. The fraction of sp³-hybridized carbons (Fsp3) is 0.278. The van der Waals surface area contributed by atoms with Gasteiger partial charge in [-0.3, -0.25) is 0 Å². The van der Waals surface area contributed by atoms with Gasteiger partial charge in [-0.2, -0.15) is 0 Å². The van der Waals surface area contributed by atoms with Crippen LogP contribution in [0.1, 0.15) is 13.8 Å². The lowest BCUT2D eigenvalue weighted by molar-refractivity contribution is 0.234. The van der Waals surface area contributed by atoms with Gasteiger partial charge in [0.1, 0.15) is 17.2 Å². The van der Waals surface area contributed by atoms with Crippen LogP contribution < -0.4 is 24.8 Å². The van der Waals surface area contributed by atoms with Gasteiger partial charge in [-0.05, 0) is 50.2 Å². The van der Waals surface area contributed by atoms with Crippen LogP contribution in [0.25, 0.3) is 0 Å². The Morgan fingerprint density at radius 2 is 1.50 bits per heavy atom. The number of nitrogens with one attached hydrogen (secondary N) is 2. The monoisotopic (exact) mass is 330 g/mol. The Labute approximate surface area is 141 Å². The van der Waals surface area contributed by atoms with Crippen molar-refractivity contribution in [1.82, 2.24) is 5.32 Å². The van der Waals surface area contributed by atoms with E-state index in [-0.39, 0.29) is 12.8 Å². The second-order valence-corrected chi connectivity index (χ2v) is 4.75. The molecule has 0 radical (unpaired) electrons. The van der Waals surface area contributed by atoms with Gasteiger partial charge in [-0.25, -0.2) is 4.79 Å². The molecule has 2 amide bonds. The summed E-state index contributed by atoms with van der Waals surface area (Å²) in [5.74, 6) is 2.05. The van der Waals surface area contributed by atoms with Gasteiger partial charge in [0.2, 0.25) is 0 Å². The maximum Gasteiger partial charge on any atom is 0.321 e. The number of hydrogen-bond acceptors (Lipinski definition) is 4. The summed E-state index contributed by atoms with van der Waals surface area (Å²) in [5, 5.41) is 5.36. The summed E-state index contributed by atoms with van der Waals surface area (Å²) in [4.78, 5) is 11.9. The molecule has 2 aromatic carbocycles.